The first-order chi connectivity index (χ1) is 10.7. The van der Waals surface area contributed by atoms with Gasteiger partial charge in [-0.15, -0.1) is 0 Å². The average molecular weight is 299 g/mol. The molecular formula is C16H17N3O3. The third kappa shape index (κ3) is 2.59. The standard InChI is InChI=1S/C16H17N3O3/c1-21-14-7-11-3-6-19(10-12(11)8-15(14)22-2)16(20)13-9-17-4-5-18-13/h4-5,7-9H,3,6,10H2,1-2H3. The second kappa shape index (κ2) is 6.01. The molecule has 0 saturated carbocycles. The Labute approximate surface area is 128 Å². The molecule has 0 bridgehead atoms. The van der Waals surface area contributed by atoms with Crippen molar-refractivity contribution in [3.8, 4) is 11.5 Å². The highest BCUT2D eigenvalue weighted by Gasteiger charge is 2.24. The maximum Gasteiger partial charge on any atom is 0.274 e. The van der Waals surface area contributed by atoms with Gasteiger partial charge in [0.1, 0.15) is 5.69 Å². The van der Waals surface area contributed by atoms with Crippen LogP contribution < -0.4 is 9.47 Å². The van der Waals surface area contributed by atoms with Crippen molar-refractivity contribution < 1.29 is 14.3 Å². The van der Waals surface area contributed by atoms with Crippen LogP contribution in [0.1, 0.15) is 21.6 Å². The predicted molar refractivity (Wildman–Crippen MR) is 80.0 cm³/mol. The molecule has 1 aromatic heterocycles. The Morgan fingerprint density at radius 1 is 1.14 bits per heavy atom. The van der Waals surface area contributed by atoms with Crippen LogP contribution in [0, 0.1) is 0 Å². The van der Waals surface area contributed by atoms with Crippen LogP contribution in [0.5, 0.6) is 11.5 Å². The van der Waals surface area contributed by atoms with Gasteiger partial charge < -0.3 is 14.4 Å². The Bertz CT molecular complexity index is 689. The lowest BCUT2D eigenvalue weighted by molar-refractivity contribution is 0.0728. The predicted octanol–water partition coefficient (Wildman–Crippen LogP) is 1.69. The molecule has 0 N–H and O–H groups in total. The van der Waals surface area contributed by atoms with E-state index in [9.17, 15) is 4.79 Å². The number of benzene rings is 1. The van der Waals surface area contributed by atoms with Crippen LogP contribution in [0.3, 0.4) is 0 Å². The summed E-state index contributed by atoms with van der Waals surface area (Å²) in [5, 5.41) is 0. The molecule has 1 aromatic carbocycles. The molecule has 0 fully saturated rings. The number of hydrogen-bond donors (Lipinski definition) is 0. The van der Waals surface area contributed by atoms with Crippen LogP contribution in [-0.4, -0.2) is 41.5 Å². The van der Waals surface area contributed by atoms with E-state index in [0.717, 1.165) is 17.7 Å². The van der Waals surface area contributed by atoms with Gasteiger partial charge in [0.05, 0.1) is 20.4 Å². The fourth-order valence-corrected chi connectivity index (χ4v) is 2.63. The molecule has 6 heteroatoms. The van der Waals surface area contributed by atoms with Crippen molar-refractivity contribution >= 4 is 5.91 Å². The number of hydrogen-bond acceptors (Lipinski definition) is 5. The van der Waals surface area contributed by atoms with Gasteiger partial charge in [-0.1, -0.05) is 0 Å². The molecule has 0 radical (unpaired) electrons. The van der Waals surface area contributed by atoms with Crippen molar-refractivity contribution in [3.63, 3.8) is 0 Å². The van der Waals surface area contributed by atoms with Crippen LogP contribution >= 0.6 is 0 Å². The number of nitrogens with zero attached hydrogens (tertiary/aromatic N) is 3. The van der Waals surface area contributed by atoms with E-state index in [2.05, 4.69) is 9.97 Å². The molecular weight excluding hydrogens is 282 g/mol. The molecule has 0 spiro atoms. The minimum Gasteiger partial charge on any atom is -0.493 e. The number of carbonyl (C=O) groups excluding carboxylic acids is 1. The van der Waals surface area contributed by atoms with Crippen molar-refractivity contribution in [1.82, 2.24) is 14.9 Å². The first kappa shape index (κ1) is 14.3. The SMILES string of the molecule is COc1cc2c(cc1OC)CN(C(=O)c1cnccn1)CC2. The third-order valence-electron chi connectivity index (χ3n) is 3.79. The van der Waals surface area contributed by atoms with E-state index in [-0.39, 0.29) is 5.91 Å². The quantitative estimate of drug-likeness (QED) is 0.863. The summed E-state index contributed by atoms with van der Waals surface area (Å²) < 4.78 is 10.7. The number of rotatable bonds is 3. The number of carbonyl (C=O) groups is 1. The van der Waals surface area contributed by atoms with Crippen molar-refractivity contribution in [3.05, 3.63) is 47.5 Å². The van der Waals surface area contributed by atoms with Crippen LogP contribution in [0.15, 0.2) is 30.7 Å². The zero-order valence-corrected chi connectivity index (χ0v) is 12.6. The van der Waals surface area contributed by atoms with Crippen LogP contribution in [0.4, 0.5) is 0 Å². The highest BCUT2D eigenvalue weighted by molar-refractivity contribution is 5.92. The summed E-state index contributed by atoms with van der Waals surface area (Å²) >= 11 is 0. The second-order valence-electron chi connectivity index (χ2n) is 5.04. The lowest BCUT2D eigenvalue weighted by Gasteiger charge is -2.29. The Kier molecular flexibility index (Phi) is 3.91. The van der Waals surface area contributed by atoms with Gasteiger partial charge in [0.25, 0.3) is 5.91 Å². The zero-order chi connectivity index (χ0) is 15.5. The van der Waals surface area contributed by atoms with Crippen LogP contribution in [0.2, 0.25) is 0 Å². The van der Waals surface area contributed by atoms with Crippen molar-refractivity contribution in [2.75, 3.05) is 20.8 Å². The molecule has 22 heavy (non-hydrogen) atoms. The Morgan fingerprint density at radius 3 is 2.50 bits per heavy atom. The molecule has 0 aliphatic carbocycles. The van der Waals surface area contributed by atoms with Gasteiger partial charge in [0.2, 0.25) is 0 Å². The van der Waals surface area contributed by atoms with E-state index < -0.39 is 0 Å². The van der Waals surface area contributed by atoms with Crippen molar-refractivity contribution in [1.29, 1.82) is 0 Å². The van der Waals surface area contributed by atoms with Crippen LogP contribution in [-0.2, 0) is 13.0 Å². The molecule has 2 aromatic rings. The summed E-state index contributed by atoms with van der Waals surface area (Å²) in [5.41, 5.74) is 2.62. The van der Waals surface area contributed by atoms with E-state index in [1.807, 2.05) is 12.1 Å². The van der Waals surface area contributed by atoms with Gasteiger partial charge in [-0.3, -0.25) is 9.78 Å². The third-order valence-corrected chi connectivity index (χ3v) is 3.79. The van der Waals surface area contributed by atoms with Crippen LogP contribution in [0.25, 0.3) is 0 Å². The maximum absolute atomic E-state index is 12.5. The highest BCUT2D eigenvalue weighted by Crippen LogP contribution is 2.33. The molecule has 0 unspecified atom stereocenters. The topological polar surface area (TPSA) is 64.6 Å². The number of amides is 1. The van der Waals surface area contributed by atoms with Gasteiger partial charge in [-0.25, -0.2) is 4.98 Å². The van der Waals surface area contributed by atoms with E-state index in [4.69, 9.17) is 9.47 Å². The lowest BCUT2D eigenvalue weighted by Crippen LogP contribution is -2.36. The van der Waals surface area contributed by atoms with Gasteiger partial charge in [0.15, 0.2) is 11.5 Å². The van der Waals surface area contributed by atoms with Gasteiger partial charge in [-0.05, 0) is 29.7 Å². The molecule has 3 rings (SSSR count). The van der Waals surface area contributed by atoms with Crippen molar-refractivity contribution in [2.24, 2.45) is 0 Å². The number of methoxy groups -OCH3 is 2. The maximum atomic E-state index is 12.5. The fraction of sp³-hybridized carbons (Fsp3) is 0.312. The number of aromatic nitrogens is 2. The molecule has 1 amide bonds. The minimum atomic E-state index is -0.103. The zero-order valence-electron chi connectivity index (χ0n) is 12.6. The summed E-state index contributed by atoms with van der Waals surface area (Å²) in [7, 11) is 3.23. The molecule has 114 valence electrons. The fourth-order valence-electron chi connectivity index (χ4n) is 2.63. The summed E-state index contributed by atoms with van der Waals surface area (Å²) in [6.07, 6.45) is 5.35. The Balaban J connectivity index is 1.86. The first-order valence-corrected chi connectivity index (χ1v) is 7.02. The van der Waals surface area contributed by atoms with E-state index in [1.54, 1.807) is 25.3 Å². The molecule has 0 atom stereocenters. The first-order valence-electron chi connectivity index (χ1n) is 7.02. The van der Waals surface area contributed by atoms with Gasteiger partial charge >= 0.3 is 0 Å². The van der Waals surface area contributed by atoms with E-state index in [1.165, 1.54) is 18.0 Å². The normalized spacial score (nSPS) is 13.5. The lowest BCUT2D eigenvalue weighted by atomic mass is 9.98. The second-order valence-corrected chi connectivity index (χ2v) is 5.04. The molecule has 1 aliphatic heterocycles. The number of ether oxygens (including phenoxy) is 2. The van der Waals surface area contributed by atoms with Gasteiger partial charge in [-0.2, -0.15) is 0 Å². The molecule has 2 heterocycles. The smallest absolute Gasteiger partial charge is 0.274 e. The van der Waals surface area contributed by atoms with Gasteiger partial charge in [0, 0.05) is 25.5 Å². The largest absolute Gasteiger partial charge is 0.493 e. The molecule has 6 nitrogen and oxygen atoms in total. The Morgan fingerprint density at radius 2 is 1.86 bits per heavy atom. The van der Waals surface area contributed by atoms with E-state index >= 15 is 0 Å². The van der Waals surface area contributed by atoms with Crippen molar-refractivity contribution in [2.45, 2.75) is 13.0 Å². The monoisotopic (exact) mass is 299 g/mol. The summed E-state index contributed by atoms with van der Waals surface area (Å²) in [4.78, 5) is 22.3. The summed E-state index contributed by atoms with van der Waals surface area (Å²) in [5.74, 6) is 1.29. The Hall–Kier alpha value is -2.63. The molecule has 0 saturated heterocycles. The minimum absolute atomic E-state index is 0.103. The average Bonchev–Trinajstić information content (AvgIpc) is 2.60. The number of fused-ring (bicyclic) bond motifs is 1. The van der Waals surface area contributed by atoms with E-state index in [0.29, 0.717) is 24.5 Å². The highest BCUT2D eigenvalue weighted by atomic mass is 16.5. The molecule has 1 aliphatic rings. The summed E-state index contributed by atoms with van der Waals surface area (Å²) in [6.45, 7) is 1.18. The summed E-state index contributed by atoms with van der Waals surface area (Å²) in [6, 6.07) is 3.92.